The van der Waals surface area contributed by atoms with E-state index in [9.17, 15) is 4.79 Å². The quantitative estimate of drug-likeness (QED) is 0.712. The van der Waals surface area contributed by atoms with Crippen molar-refractivity contribution >= 4 is 21.7 Å². The van der Waals surface area contributed by atoms with Crippen LogP contribution in [0.4, 0.5) is 0 Å². The van der Waals surface area contributed by atoms with Crippen LogP contribution in [0, 0.1) is 5.92 Å². The van der Waals surface area contributed by atoms with Crippen molar-refractivity contribution in [2.45, 2.75) is 44.9 Å². The van der Waals surface area contributed by atoms with E-state index in [0.717, 1.165) is 28.1 Å². The molecule has 0 bridgehead atoms. The van der Waals surface area contributed by atoms with Crippen LogP contribution in [0.5, 0.6) is 5.75 Å². The summed E-state index contributed by atoms with van der Waals surface area (Å²) in [5.74, 6) is 1.77. The van der Waals surface area contributed by atoms with Crippen molar-refractivity contribution in [2.24, 2.45) is 5.92 Å². The molecule has 1 saturated carbocycles. The molecule has 0 saturated heterocycles. The monoisotopic (exact) mass is 324 g/mol. The summed E-state index contributed by atoms with van der Waals surface area (Å²) in [6.45, 7) is 0. The van der Waals surface area contributed by atoms with Crippen LogP contribution < -0.4 is 4.74 Å². The topological polar surface area (TPSA) is 26.3 Å². The number of carbonyl (C=O) groups is 1. The minimum Gasteiger partial charge on any atom is -0.497 e. The third kappa shape index (κ3) is 4.07. The molecule has 1 aromatic carbocycles. The molecule has 1 aliphatic rings. The van der Waals surface area contributed by atoms with Crippen molar-refractivity contribution in [1.29, 1.82) is 0 Å². The van der Waals surface area contributed by atoms with Gasteiger partial charge in [-0.25, -0.2) is 0 Å². The van der Waals surface area contributed by atoms with Crippen LogP contribution in [-0.2, 0) is 0 Å². The van der Waals surface area contributed by atoms with Crippen LogP contribution >= 0.6 is 15.9 Å². The Labute approximate surface area is 123 Å². The van der Waals surface area contributed by atoms with Gasteiger partial charge in [-0.2, -0.15) is 0 Å². The first-order valence-corrected chi connectivity index (χ1v) is 7.86. The van der Waals surface area contributed by atoms with Crippen LogP contribution in [0.2, 0.25) is 0 Å². The number of ether oxygens (including phenoxy) is 1. The molecule has 1 aromatic rings. The van der Waals surface area contributed by atoms with Gasteiger partial charge >= 0.3 is 0 Å². The van der Waals surface area contributed by atoms with Gasteiger partial charge in [-0.15, -0.1) is 0 Å². The van der Waals surface area contributed by atoms with E-state index >= 15 is 0 Å². The second-order valence-corrected chi connectivity index (χ2v) is 6.17. The molecule has 0 aromatic heterocycles. The van der Waals surface area contributed by atoms with Gasteiger partial charge in [-0.1, -0.05) is 32.1 Å². The fourth-order valence-corrected chi connectivity index (χ4v) is 3.37. The summed E-state index contributed by atoms with van der Waals surface area (Å²) < 4.78 is 5.98. The summed E-state index contributed by atoms with van der Waals surface area (Å²) in [5, 5.41) is 0. The van der Waals surface area contributed by atoms with Crippen LogP contribution in [0.1, 0.15) is 55.3 Å². The average molecular weight is 325 g/mol. The first-order valence-electron chi connectivity index (χ1n) is 7.07. The Balaban J connectivity index is 1.92. The van der Waals surface area contributed by atoms with Gasteiger partial charge in [0.15, 0.2) is 5.78 Å². The van der Waals surface area contributed by atoms with E-state index in [0.29, 0.717) is 6.42 Å². The largest absolute Gasteiger partial charge is 0.497 e. The minimum absolute atomic E-state index is 0.236. The van der Waals surface area contributed by atoms with Crippen LogP contribution in [-0.4, -0.2) is 12.9 Å². The van der Waals surface area contributed by atoms with E-state index in [1.807, 2.05) is 18.2 Å². The minimum atomic E-state index is 0.236. The van der Waals surface area contributed by atoms with Crippen LogP contribution in [0.15, 0.2) is 22.7 Å². The Hall–Kier alpha value is -0.830. The molecular formula is C16H21BrO2. The van der Waals surface area contributed by atoms with Crippen molar-refractivity contribution in [3.05, 3.63) is 28.2 Å². The number of rotatable bonds is 5. The maximum atomic E-state index is 12.2. The fraction of sp³-hybridized carbons (Fsp3) is 0.562. The van der Waals surface area contributed by atoms with Crippen molar-refractivity contribution < 1.29 is 9.53 Å². The second kappa shape index (κ2) is 7.09. The third-order valence-electron chi connectivity index (χ3n) is 3.98. The lowest BCUT2D eigenvalue weighted by Crippen LogP contribution is -2.09. The predicted molar refractivity (Wildman–Crippen MR) is 80.8 cm³/mol. The molecule has 104 valence electrons. The molecule has 0 amide bonds. The van der Waals surface area contributed by atoms with Gasteiger partial charge < -0.3 is 4.74 Å². The smallest absolute Gasteiger partial charge is 0.164 e. The Morgan fingerprint density at radius 2 is 2.05 bits per heavy atom. The highest BCUT2D eigenvalue weighted by Crippen LogP contribution is 2.29. The lowest BCUT2D eigenvalue weighted by Gasteiger charge is -2.21. The summed E-state index contributed by atoms with van der Waals surface area (Å²) in [5.41, 5.74) is 0.775. The van der Waals surface area contributed by atoms with Gasteiger partial charge in [0.05, 0.1) is 7.11 Å². The number of methoxy groups -OCH3 is 1. The molecule has 0 aliphatic heterocycles. The second-order valence-electron chi connectivity index (χ2n) is 5.31. The lowest BCUT2D eigenvalue weighted by molar-refractivity contribution is 0.0969. The van der Waals surface area contributed by atoms with Crippen molar-refractivity contribution in [1.82, 2.24) is 0 Å². The van der Waals surface area contributed by atoms with Crippen molar-refractivity contribution in [2.75, 3.05) is 7.11 Å². The molecule has 1 aliphatic carbocycles. The highest BCUT2D eigenvalue weighted by molar-refractivity contribution is 9.10. The molecule has 0 spiro atoms. The predicted octanol–water partition coefficient (Wildman–Crippen LogP) is 5.00. The van der Waals surface area contributed by atoms with Crippen molar-refractivity contribution in [3.8, 4) is 5.75 Å². The molecule has 1 fully saturated rings. The van der Waals surface area contributed by atoms with E-state index in [-0.39, 0.29) is 5.78 Å². The standard InChI is InChI=1S/C16H21BrO2/c1-19-13-8-9-14(15(17)11-13)16(18)10-7-12-5-3-2-4-6-12/h8-9,11-12H,2-7,10H2,1H3. The highest BCUT2D eigenvalue weighted by atomic mass is 79.9. The molecular weight excluding hydrogens is 304 g/mol. The number of ketones is 1. The molecule has 19 heavy (non-hydrogen) atoms. The average Bonchev–Trinajstić information content (AvgIpc) is 2.45. The van der Waals surface area contributed by atoms with E-state index in [2.05, 4.69) is 15.9 Å². The number of hydrogen-bond donors (Lipinski definition) is 0. The highest BCUT2D eigenvalue weighted by Gasteiger charge is 2.16. The zero-order valence-electron chi connectivity index (χ0n) is 11.5. The van der Waals surface area contributed by atoms with Crippen molar-refractivity contribution in [3.63, 3.8) is 0 Å². The molecule has 0 radical (unpaired) electrons. The van der Waals surface area contributed by atoms with E-state index < -0.39 is 0 Å². The Bertz CT molecular complexity index is 436. The SMILES string of the molecule is COc1ccc(C(=O)CCC2CCCCC2)c(Br)c1. The maximum absolute atomic E-state index is 12.2. The zero-order chi connectivity index (χ0) is 13.7. The molecule has 2 rings (SSSR count). The number of Topliss-reactive ketones (excluding diaryl/α,β-unsaturated/α-hetero) is 1. The molecule has 0 unspecified atom stereocenters. The van der Waals surface area contributed by atoms with Gasteiger partial charge in [0.25, 0.3) is 0 Å². The first-order chi connectivity index (χ1) is 9.20. The van der Waals surface area contributed by atoms with E-state index in [4.69, 9.17) is 4.74 Å². The summed E-state index contributed by atoms with van der Waals surface area (Å²) in [6.07, 6.45) is 8.35. The first kappa shape index (κ1) is 14.6. The zero-order valence-corrected chi connectivity index (χ0v) is 13.0. The van der Waals surface area contributed by atoms with Crippen LogP contribution in [0.3, 0.4) is 0 Å². The summed E-state index contributed by atoms with van der Waals surface area (Å²) in [4.78, 5) is 12.2. The Morgan fingerprint density at radius 3 is 2.68 bits per heavy atom. The molecule has 0 N–H and O–H groups in total. The van der Waals surface area contributed by atoms with Gasteiger partial charge in [0.2, 0.25) is 0 Å². The lowest BCUT2D eigenvalue weighted by atomic mass is 9.85. The summed E-state index contributed by atoms with van der Waals surface area (Å²) in [6, 6.07) is 5.55. The third-order valence-corrected chi connectivity index (χ3v) is 4.64. The Kier molecular flexibility index (Phi) is 5.44. The van der Waals surface area contributed by atoms with Crippen LogP contribution in [0.25, 0.3) is 0 Å². The number of carbonyl (C=O) groups excluding carboxylic acids is 1. The van der Waals surface area contributed by atoms with Gasteiger partial charge in [0, 0.05) is 16.5 Å². The molecule has 0 heterocycles. The van der Waals surface area contributed by atoms with Gasteiger partial charge in [-0.3, -0.25) is 4.79 Å². The van der Waals surface area contributed by atoms with E-state index in [1.165, 1.54) is 32.1 Å². The fourth-order valence-electron chi connectivity index (χ4n) is 2.79. The number of halogens is 1. The number of benzene rings is 1. The van der Waals surface area contributed by atoms with Gasteiger partial charge in [-0.05, 0) is 46.5 Å². The van der Waals surface area contributed by atoms with Gasteiger partial charge in [0.1, 0.15) is 5.75 Å². The molecule has 3 heteroatoms. The summed E-state index contributed by atoms with van der Waals surface area (Å²) >= 11 is 3.45. The Morgan fingerprint density at radius 1 is 1.32 bits per heavy atom. The maximum Gasteiger partial charge on any atom is 0.164 e. The number of hydrogen-bond acceptors (Lipinski definition) is 2. The molecule has 2 nitrogen and oxygen atoms in total. The summed E-state index contributed by atoms with van der Waals surface area (Å²) in [7, 11) is 1.63. The molecule has 0 atom stereocenters. The normalized spacial score (nSPS) is 16.3. The van der Waals surface area contributed by atoms with E-state index in [1.54, 1.807) is 7.11 Å².